The summed E-state index contributed by atoms with van der Waals surface area (Å²) in [5.74, 6) is -0.0806. The first-order valence-electron chi connectivity index (χ1n) is 8.24. The summed E-state index contributed by atoms with van der Waals surface area (Å²) in [6.45, 7) is 8.05. The highest BCUT2D eigenvalue weighted by molar-refractivity contribution is 6.42. The van der Waals surface area contributed by atoms with Gasteiger partial charge in [-0.15, -0.1) is 0 Å². The molecule has 0 spiro atoms. The third-order valence-corrected chi connectivity index (χ3v) is 4.49. The molecule has 5 nitrogen and oxygen atoms in total. The van der Waals surface area contributed by atoms with Crippen molar-refractivity contribution in [3.05, 3.63) is 40.3 Å². The van der Waals surface area contributed by atoms with Crippen molar-refractivity contribution in [3.63, 3.8) is 0 Å². The number of aromatic nitrogens is 2. The van der Waals surface area contributed by atoms with Gasteiger partial charge in [0.2, 0.25) is 5.95 Å². The molecular formula is C17H22Cl2FN5. The topological polar surface area (TPSA) is 53.1 Å². The average molecular weight is 386 g/mol. The summed E-state index contributed by atoms with van der Waals surface area (Å²) in [5, 5.41) is 6.83. The Morgan fingerprint density at radius 3 is 2.60 bits per heavy atom. The number of rotatable bonds is 9. The number of halogens is 3. The van der Waals surface area contributed by atoms with E-state index < -0.39 is 5.82 Å². The lowest BCUT2D eigenvalue weighted by molar-refractivity contribution is 0.303. The number of hydrogen-bond acceptors (Lipinski definition) is 5. The maximum atomic E-state index is 13.9. The third kappa shape index (κ3) is 5.99. The molecule has 0 amide bonds. The van der Waals surface area contributed by atoms with Gasteiger partial charge in [-0.3, -0.25) is 0 Å². The molecule has 2 aromatic rings. The maximum absolute atomic E-state index is 13.9. The van der Waals surface area contributed by atoms with Crippen molar-refractivity contribution in [2.24, 2.45) is 0 Å². The first kappa shape index (κ1) is 19.7. The van der Waals surface area contributed by atoms with Crippen LogP contribution >= 0.6 is 23.2 Å². The Bertz CT molecular complexity index is 695. The molecule has 0 fully saturated rings. The Morgan fingerprint density at radius 1 is 1.16 bits per heavy atom. The van der Waals surface area contributed by atoms with Crippen LogP contribution in [0.1, 0.15) is 20.3 Å². The van der Waals surface area contributed by atoms with Gasteiger partial charge >= 0.3 is 0 Å². The van der Waals surface area contributed by atoms with Crippen LogP contribution in [0.2, 0.25) is 10.0 Å². The van der Waals surface area contributed by atoms with Crippen LogP contribution in [-0.4, -0.2) is 41.0 Å². The molecule has 0 saturated heterocycles. The van der Waals surface area contributed by atoms with E-state index in [0.29, 0.717) is 28.2 Å². The molecule has 25 heavy (non-hydrogen) atoms. The fourth-order valence-corrected chi connectivity index (χ4v) is 2.59. The molecule has 1 aromatic heterocycles. The lowest BCUT2D eigenvalue weighted by atomic mass is 10.3. The number of benzene rings is 1. The minimum absolute atomic E-state index is 0.0830. The largest absolute Gasteiger partial charge is 0.354 e. The Kier molecular flexibility index (Phi) is 7.68. The monoisotopic (exact) mass is 385 g/mol. The highest BCUT2D eigenvalue weighted by atomic mass is 35.5. The molecule has 0 unspecified atom stereocenters. The summed E-state index contributed by atoms with van der Waals surface area (Å²) in [6.07, 6.45) is 2.09. The minimum Gasteiger partial charge on any atom is -0.354 e. The lowest BCUT2D eigenvalue weighted by Gasteiger charge is -2.17. The van der Waals surface area contributed by atoms with Crippen molar-refractivity contribution in [2.45, 2.75) is 20.3 Å². The fourth-order valence-electron chi connectivity index (χ4n) is 2.29. The van der Waals surface area contributed by atoms with E-state index >= 15 is 0 Å². The van der Waals surface area contributed by atoms with E-state index in [9.17, 15) is 4.39 Å². The Hall–Kier alpha value is -1.63. The molecule has 0 radical (unpaired) electrons. The smallest absolute Gasteiger partial charge is 0.224 e. The Balaban J connectivity index is 1.96. The van der Waals surface area contributed by atoms with Gasteiger partial charge < -0.3 is 15.5 Å². The predicted molar refractivity (Wildman–Crippen MR) is 103 cm³/mol. The van der Waals surface area contributed by atoms with E-state index in [1.807, 2.05) is 0 Å². The first-order chi connectivity index (χ1) is 12.0. The summed E-state index contributed by atoms with van der Waals surface area (Å²) >= 11 is 11.9. The van der Waals surface area contributed by atoms with Crippen LogP contribution < -0.4 is 10.6 Å². The van der Waals surface area contributed by atoms with Crippen LogP contribution in [0.25, 0.3) is 0 Å². The molecule has 0 aliphatic carbocycles. The van der Waals surface area contributed by atoms with Crippen LogP contribution in [-0.2, 0) is 0 Å². The first-order valence-corrected chi connectivity index (χ1v) is 9.00. The number of nitrogens with zero attached hydrogens (tertiary/aromatic N) is 3. The predicted octanol–water partition coefficient (Wildman–Crippen LogP) is 4.81. The molecule has 1 heterocycles. The van der Waals surface area contributed by atoms with E-state index in [-0.39, 0.29) is 5.82 Å². The Morgan fingerprint density at radius 2 is 1.92 bits per heavy atom. The summed E-state index contributed by atoms with van der Waals surface area (Å²) in [5.41, 5.74) is 0.597. The summed E-state index contributed by atoms with van der Waals surface area (Å²) in [6, 6.07) is 4.95. The zero-order chi connectivity index (χ0) is 18.2. The van der Waals surface area contributed by atoms with Crippen LogP contribution in [0.4, 0.5) is 21.8 Å². The van der Waals surface area contributed by atoms with Crippen molar-refractivity contribution in [1.82, 2.24) is 14.9 Å². The molecule has 0 aliphatic rings. The highest BCUT2D eigenvalue weighted by Gasteiger charge is 2.08. The second-order valence-electron chi connectivity index (χ2n) is 5.45. The van der Waals surface area contributed by atoms with Gasteiger partial charge in [-0.05, 0) is 44.3 Å². The fraction of sp³-hybridized carbons (Fsp3) is 0.412. The lowest BCUT2D eigenvalue weighted by Crippen LogP contribution is -2.25. The normalized spacial score (nSPS) is 11.0. The molecule has 0 saturated carbocycles. The standard InChI is InChI=1S/C17H22Cl2FN5/c1-3-25(4-2)9-5-8-21-17-22-11-15(20)16(24-17)23-12-6-7-13(18)14(19)10-12/h6-7,10-11H,3-5,8-9H2,1-2H3,(H2,21,22,23,24). The second-order valence-corrected chi connectivity index (χ2v) is 6.27. The van der Waals surface area contributed by atoms with E-state index in [2.05, 4.69) is 39.3 Å². The van der Waals surface area contributed by atoms with E-state index in [1.165, 1.54) is 0 Å². The van der Waals surface area contributed by atoms with Crippen LogP contribution in [0.15, 0.2) is 24.4 Å². The van der Waals surface area contributed by atoms with Gasteiger partial charge in [-0.25, -0.2) is 9.37 Å². The number of hydrogen-bond donors (Lipinski definition) is 2. The van der Waals surface area contributed by atoms with Gasteiger partial charge in [0.25, 0.3) is 0 Å². The van der Waals surface area contributed by atoms with Crippen molar-refractivity contribution >= 4 is 40.7 Å². The van der Waals surface area contributed by atoms with E-state index in [4.69, 9.17) is 23.2 Å². The van der Waals surface area contributed by atoms with Crippen LogP contribution in [0.5, 0.6) is 0 Å². The molecule has 2 rings (SSSR count). The van der Waals surface area contributed by atoms with Gasteiger partial charge in [-0.2, -0.15) is 4.98 Å². The molecule has 0 aliphatic heterocycles. The minimum atomic E-state index is -0.542. The quantitative estimate of drug-likeness (QED) is 0.606. The Labute approximate surface area is 157 Å². The van der Waals surface area contributed by atoms with Crippen molar-refractivity contribution in [1.29, 1.82) is 0 Å². The van der Waals surface area contributed by atoms with Crippen molar-refractivity contribution < 1.29 is 4.39 Å². The number of nitrogens with one attached hydrogen (secondary N) is 2. The molecule has 2 N–H and O–H groups in total. The second kappa shape index (κ2) is 9.75. The zero-order valence-electron chi connectivity index (χ0n) is 14.3. The summed E-state index contributed by atoms with van der Waals surface area (Å²) < 4.78 is 13.9. The SMILES string of the molecule is CCN(CC)CCCNc1ncc(F)c(Nc2ccc(Cl)c(Cl)c2)n1. The van der Waals surface area contributed by atoms with Gasteiger partial charge in [0, 0.05) is 12.2 Å². The molecule has 0 atom stereocenters. The van der Waals surface area contributed by atoms with Gasteiger partial charge in [-0.1, -0.05) is 37.0 Å². The third-order valence-electron chi connectivity index (χ3n) is 3.76. The van der Waals surface area contributed by atoms with E-state index in [0.717, 1.165) is 32.3 Å². The summed E-state index contributed by atoms with van der Waals surface area (Å²) in [4.78, 5) is 10.5. The molecule has 1 aromatic carbocycles. The van der Waals surface area contributed by atoms with Crippen LogP contribution in [0, 0.1) is 5.82 Å². The van der Waals surface area contributed by atoms with E-state index in [1.54, 1.807) is 18.2 Å². The molecule has 8 heteroatoms. The zero-order valence-corrected chi connectivity index (χ0v) is 15.8. The van der Waals surface area contributed by atoms with Crippen LogP contribution in [0.3, 0.4) is 0 Å². The number of anilines is 3. The maximum Gasteiger partial charge on any atom is 0.224 e. The van der Waals surface area contributed by atoms with Gasteiger partial charge in [0.1, 0.15) is 0 Å². The van der Waals surface area contributed by atoms with Gasteiger partial charge in [0.15, 0.2) is 11.6 Å². The van der Waals surface area contributed by atoms with Gasteiger partial charge in [0.05, 0.1) is 16.2 Å². The molecular weight excluding hydrogens is 364 g/mol. The van der Waals surface area contributed by atoms with Crippen molar-refractivity contribution in [3.8, 4) is 0 Å². The molecule has 0 bridgehead atoms. The average Bonchev–Trinajstić information content (AvgIpc) is 2.61. The highest BCUT2D eigenvalue weighted by Crippen LogP contribution is 2.27. The molecule has 136 valence electrons. The van der Waals surface area contributed by atoms with Crippen molar-refractivity contribution in [2.75, 3.05) is 36.8 Å². The summed E-state index contributed by atoms with van der Waals surface area (Å²) in [7, 11) is 0.